The van der Waals surface area contributed by atoms with E-state index in [9.17, 15) is 4.79 Å². The lowest BCUT2D eigenvalue weighted by Gasteiger charge is -2.38. The van der Waals surface area contributed by atoms with E-state index < -0.39 is 0 Å². The molecule has 0 aromatic heterocycles. The molecule has 2 amide bonds. The van der Waals surface area contributed by atoms with Crippen molar-refractivity contribution in [2.75, 3.05) is 12.4 Å². The van der Waals surface area contributed by atoms with Crippen LogP contribution >= 0.6 is 0 Å². The van der Waals surface area contributed by atoms with Crippen molar-refractivity contribution in [2.24, 2.45) is 5.92 Å². The molecule has 90 valence electrons. The van der Waals surface area contributed by atoms with Crippen LogP contribution in [0.25, 0.3) is 0 Å². The van der Waals surface area contributed by atoms with Crippen molar-refractivity contribution in [2.45, 2.75) is 25.3 Å². The Morgan fingerprint density at radius 1 is 1.35 bits per heavy atom. The van der Waals surface area contributed by atoms with Crippen LogP contribution in [0.4, 0.5) is 10.5 Å². The van der Waals surface area contributed by atoms with Crippen LogP contribution in [0.5, 0.6) is 5.75 Å². The van der Waals surface area contributed by atoms with E-state index in [0.717, 1.165) is 11.4 Å². The maximum atomic E-state index is 11.6. The Kier molecular flexibility index (Phi) is 2.42. The quantitative estimate of drug-likeness (QED) is 0.823. The number of amides is 2. The van der Waals surface area contributed by atoms with Crippen LogP contribution in [0.2, 0.25) is 0 Å². The van der Waals surface area contributed by atoms with Gasteiger partial charge in [-0.1, -0.05) is 12.5 Å². The fourth-order valence-electron chi connectivity index (χ4n) is 2.56. The minimum absolute atomic E-state index is 0.109. The molecular formula is C13H16N2O2. The van der Waals surface area contributed by atoms with E-state index in [0.29, 0.717) is 5.92 Å². The summed E-state index contributed by atoms with van der Waals surface area (Å²) in [4.78, 5) is 11.6. The molecule has 1 heterocycles. The normalized spacial score (nSPS) is 23.1. The molecular weight excluding hydrogens is 216 g/mol. The highest BCUT2D eigenvalue weighted by molar-refractivity contribution is 5.93. The fourth-order valence-corrected chi connectivity index (χ4v) is 2.56. The Morgan fingerprint density at radius 2 is 2.18 bits per heavy atom. The van der Waals surface area contributed by atoms with Gasteiger partial charge >= 0.3 is 6.03 Å². The Morgan fingerprint density at radius 3 is 2.82 bits per heavy atom. The van der Waals surface area contributed by atoms with E-state index >= 15 is 0 Å². The zero-order chi connectivity index (χ0) is 11.8. The van der Waals surface area contributed by atoms with Gasteiger partial charge in [0.15, 0.2) is 0 Å². The van der Waals surface area contributed by atoms with E-state index in [2.05, 4.69) is 10.6 Å². The van der Waals surface area contributed by atoms with Gasteiger partial charge in [0, 0.05) is 6.07 Å². The molecule has 1 unspecified atom stereocenters. The van der Waals surface area contributed by atoms with E-state index in [1.165, 1.54) is 24.8 Å². The lowest BCUT2D eigenvalue weighted by Crippen LogP contribution is -2.42. The largest absolute Gasteiger partial charge is 0.497 e. The molecule has 3 rings (SSSR count). The second-order valence-electron chi connectivity index (χ2n) is 4.72. The van der Waals surface area contributed by atoms with E-state index in [-0.39, 0.29) is 12.1 Å². The molecule has 1 aromatic rings. The number of carbonyl (C=O) groups excluding carboxylic acids is 1. The van der Waals surface area contributed by atoms with Crippen molar-refractivity contribution in [3.8, 4) is 5.75 Å². The molecule has 4 heteroatoms. The van der Waals surface area contributed by atoms with Gasteiger partial charge in [0.1, 0.15) is 5.75 Å². The Labute approximate surface area is 100 Å². The molecule has 1 fully saturated rings. The lowest BCUT2D eigenvalue weighted by molar-refractivity contribution is 0.213. The second kappa shape index (κ2) is 3.95. The summed E-state index contributed by atoms with van der Waals surface area (Å²) in [6, 6.07) is 5.94. The molecule has 0 saturated heterocycles. The summed E-state index contributed by atoms with van der Waals surface area (Å²) < 4.78 is 5.18. The van der Waals surface area contributed by atoms with Gasteiger partial charge in [-0.25, -0.2) is 4.79 Å². The third-order valence-corrected chi connectivity index (χ3v) is 3.75. The number of hydrogen-bond donors (Lipinski definition) is 2. The van der Waals surface area contributed by atoms with Crippen molar-refractivity contribution in [1.82, 2.24) is 5.32 Å². The van der Waals surface area contributed by atoms with Gasteiger partial charge in [-0.05, 0) is 30.4 Å². The molecule has 4 nitrogen and oxygen atoms in total. The standard InChI is InChI=1S/C13H16N2O2/c1-17-9-5-6-10-11(7-9)14-13(16)15-12(10)8-3-2-4-8/h5-8,12H,2-4H2,1H3,(H2,14,15,16). The molecule has 0 radical (unpaired) electrons. The van der Waals surface area contributed by atoms with E-state index in [1.54, 1.807) is 7.11 Å². The number of anilines is 1. The van der Waals surface area contributed by atoms with Gasteiger partial charge in [0.25, 0.3) is 0 Å². The molecule has 2 N–H and O–H groups in total. The summed E-state index contributed by atoms with van der Waals surface area (Å²) in [6.07, 6.45) is 3.68. The average Bonchev–Trinajstić information content (AvgIpc) is 2.25. The van der Waals surface area contributed by atoms with Crippen LogP contribution in [-0.4, -0.2) is 13.1 Å². The number of methoxy groups -OCH3 is 1. The van der Waals surface area contributed by atoms with Crippen LogP contribution in [0.3, 0.4) is 0 Å². The third-order valence-electron chi connectivity index (χ3n) is 3.75. The third kappa shape index (κ3) is 1.73. The summed E-state index contributed by atoms with van der Waals surface area (Å²) in [5.41, 5.74) is 2.06. The van der Waals surface area contributed by atoms with Crippen molar-refractivity contribution in [3.05, 3.63) is 23.8 Å². The number of nitrogens with one attached hydrogen (secondary N) is 2. The minimum atomic E-state index is -0.109. The maximum absolute atomic E-state index is 11.6. The summed E-state index contributed by atoms with van der Waals surface area (Å²) in [7, 11) is 1.63. The molecule has 1 aliphatic carbocycles. The monoisotopic (exact) mass is 232 g/mol. The second-order valence-corrected chi connectivity index (χ2v) is 4.72. The van der Waals surface area contributed by atoms with Gasteiger partial charge in [0.05, 0.1) is 18.8 Å². The van der Waals surface area contributed by atoms with Crippen LogP contribution in [0, 0.1) is 5.92 Å². The lowest BCUT2D eigenvalue weighted by atomic mass is 9.76. The van der Waals surface area contributed by atoms with Gasteiger partial charge in [-0.2, -0.15) is 0 Å². The predicted octanol–water partition coefficient (Wildman–Crippen LogP) is 2.67. The SMILES string of the molecule is COc1ccc2c(c1)NC(=O)NC2C1CCC1. The molecule has 1 aromatic carbocycles. The van der Waals surface area contributed by atoms with Crippen LogP contribution in [-0.2, 0) is 0 Å². The van der Waals surface area contributed by atoms with Gasteiger partial charge in [-0.3, -0.25) is 0 Å². The van der Waals surface area contributed by atoms with Gasteiger partial charge in [0.2, 0.25) is 0 Å². The number of fused-ring (bicyclic) bond motifs is 1. The number of carbonyl (C=O) groups is 1. The molecule has 1 atom stereocenters. The minimum Gasteiger partial charge on any atom is -0.497 e. The summed E-state index contributed by atoms with van der Waals surface area (Å²) in [5.74, 6) is 1.37. The van der Waals surface area contributed by atoms with Crippen LogP contribution in [0.15, 0.2) is 18.2 Å². The smallest absolute Gasteiger partial charge is 0.319 e. The zero-order valence-electron chi connectivity index (χ0n) is 9.82. The Balaban J connectivity index is 1.97. The van der Waals surface area contributed by atoms with E-state index in [4.69, 9.17) is 4.74 Å². The molecule has 0 spiro atoms. The fraction of sp³-hybridized carbons (Fsp3) is 0.462. The number of urea groups is 1. The number of rotatable bonds is 2. The van der Waals surface area contributed by atoms with Crippen LogP contribution in [0.1, 0.15) is 30.9 Å². The first-order chi connectivity index (χ1) is 8.28. The van der Waals surface area contributed by atoms with E-state index in [1.807, 2.05) is 18.2 Å². The number of benzene rings is 1. The summed E-state index contributed by atoms with van der Waals surface area (Å²) in [5, 5.41) is 5.86. The topological polar surface area (TPSA) is 50.4 Å². The van der Waals surface area contributed by atoms with Crippen molar-refractivity contribution in [1.29, 1.82) is 0 Å². The number of ether oxygens (including phenoxy) is 1. The molecule has 1 aliphatic heterocycles. The molecule has 17 heavy (non-hydrogen) atoms. The first kappa shape index (κ1) is 10.4. The average molecular weight is 232 g/mol. The Hall–Kier alpha value is -1.71. The van der Waals surface area contributed by atoms with Gasteiger partial charge in [-0.15, -0.1) is 0 Å². The highest BCUT2D eigenvalue weighted by atomic mass is 16.5. The molecule has 0 bridgehead atoms. The highest BCUT2D eigenvalue weighted by Crippen LogP contribution is 2.42. The predicted molar refractivity (Wildman–Crippen MR) is 65.2 cm³/mol. The first-order valence-corrected chi connectivity index (χ1v) is 6.03. The van der Waals surface area contributed by atoms with Gasteiger partial charge < -0.3 is 15.4 Å². The van der Waals surface area contributed by atoms with Crippen molar-refractivity contribution < 1.29 is 9.53 Å². The van der Waals surface area contributed by atoms with Crippen LogP contribution < -0.4 is 15.4 Å². The summed E-state index contributed by atoms with van der Waals surface area (Å²) in [6.45, 7) is 0. The highest BCUT2D eigenvalue weighted by Gasteiger charge is 2.34. The Bertz CT molecular complexity index is 455. The first-order valence-electron chi connectivity index (χ1n) is 6.03. The maximum Gasteiger partial charge on any atom is 0.319 e. The molecule has 2 aliphatic rings. The zero-order valence-corrected chi connectivity index (χ0v) is 9.82. The van der Waals surface area contributed by atoms with Crippen molar-refractivity contribution in [3.63, 3.8) is 0 Å². The summed E-state index contributed by atoms with van der Waals surface area (Å²) >= 11 is 0. The molecule has 1 saturated carbocycles. The van der Waals surface area contributed by atoms with Crippen molar-refractivity contribution >= 4 is 11.7 Å². The number of hydrogen-bond acceptors (Lipinski definition) is 2.